The molecule has 2 aliphatic heterocycles. The number of carbonyl (C=O) groups excluding carboxylic acids is 1. The van der Waals surface area contributed by atoms with Crippen molar-refractivity contribution in [2.45, 2.75) is 38.4 Å². The molecular formula is C23H24N2O2. The van der Waals surface area contributed by atoms with E-state index in [0.29, 0.717) is 24.3 Å². The SMILES string of the molecule is Cc1ccc(C(=O)C2CC3COCC(C2)N3Cc2ccccc2)c(C#N)c1. The molecule has 2 saturated heterocycles. The maximum Gasteiger partial charge on any atom is 0.167 e. The van der Waals surface area contributed by atoms with Crippen molar-refractivity contribution in [1.29, 1.82) is 5.26 Å². The highest BCUT2D eigenvalue weighted by Gasteiger charge is 2.41. The molecule has 2 aliphatic rings. The first kappa shape index (κ1) is 17.9. The first-order valence-corrected chi connectivity index (χ1v) is 9.58. The first-order valence-electron chi connectivity index (χ1n) is 9.58. The normalized spacial score (nSPS) is 25.0. The van der Waals surface area contributed by atoms with Crippen molar-refractivity contribution in [2.24, 2.45) is 5.92 Å². The molecule has 0 aliphatic carbocycles. The summed E-state index contributed by atoms with van der Waals surface area (Å²) in [5, 5.41) is 9.43. The first-order chi connectivity index (χ1) is 13.2. The van der Waals surface area contributed by atoms with Crippen LogP contribution in [0.1, 0.15) is 39.9 Å². The molecule has 2 fully saturated rings. The summed E-state index contributed by atoms with van der Waals surface area (Å²) in [4.78, 5) is 15.7. The number of ketones is 1. The van der Waals surface area contributed by atoms with E-state index in [1.165, 1.54) is 5.56 Å². The molecule has 0 saturated carbocycles. The lowest BCUT2D eigenvalue weighted by Crippen LogP contribution is -2.57. The van der Waals surface area contributed by atoms with Crippen molar-refractivity contribution in [3.8, 4) is 6.07 Å². The molecule has 4 nitrogen and oxygen atoms in total. The number of ether oxygens (including phenoxy) is 1. The van der Waals surface area contributed by atoms with Crippen LogP contribution in [0, 0.1) is 24.2 Å². The highest BCUT2D eigenvalue weighted by molar-refractivity contribution is 6.00. The molecule has 27 heavy (non-hydrogen) atoms. The maximum atomic E-state index is 13.2. The molecule has 138 valence electrons. The summed E-state index contributed by atoms with van der Waals surface area (Å²) in [6, 6.07) is 18.7. The molecule has 0 N–H and O–H groups in total. The molecule has 0 spiro atoms. The van der Waals surface area contributed by atoms with Crippen LogP contribution >= 0.6 is 0 Å². The Morgan fingerprint density at radius 2 is 1.85 bits per heavy atom. The lowest BCUT2D eigenvalue weighted by molar-refractivity contribution is -0.0872. The zero-order chi connectivity index (χ0) is 18.8. The highest BCUT2D eigenvalue weighted by Crippen LogP contribution is 2.35. The van der Waals surface area contributed by atoms with Gasteiger partial charge in [-0.05, 0) is 43.0 Å². The van der Waals surface area contributed by atoms with Crippen molar-refractivity contribution < 1.29 is 9.53 Å². The van der Waals surface area contributed by atoms with E-state index in [9.17, 15) is 10.1 Å². The minimum absolute atomic E-state index is 0.0364. The van der Waals surface area contributed by atoms with Gasteiger partial charge < -0.3 is 4.74 Å². The summed E-state index contributed by atoms with van der Waals surface area (Å²) in [5.41, 5.74) is 3.37. The number of piperidine rings is 1. The van der Waals surface area contributed by atoms with Crippen molar-refractivity contribution >= 4 is 5.78 Å². The van der Waals surface area contributed by atoms with E-state index in [1.54, 1.807) is 0 Å². The molecule has 2 aromatic rings. The second-order valence-electron chi connectivity index (χ2n) is 7.70. The smallest absolute Gasteiger partial charge is 0.167 e. The number of fused-ring (bicyclic) bond motifs is 2. The lowest BCUT2D eigenvalue weighted by atomic mass is 9.79. The van der Waals surface area contributed by atoms with Crippen LogP contribution in [0.25, 0.3) is 0 Å². The fourth-order valence-electron chi connectivity index (χ4n) is 4.44. The number of nitrogens with zero attached hydrogens (tertiary/aromatic N) is 2. The molecule has 4 rings (SSSR count). The molecule has 0 radical (unpaired) electrons. The number of hydrogen-bond acceptors (Lipinski definition) is 4. The molecule has 4 heteroatoms. The Bertz CT molecular complexity index is 858. The molecule has 2 atom stereocenters. The average molecular weight is 360 g/mol. The van der Waals surface area contributed by atoms with Crippen LogP contribution in [-0.4, -0.2) is 36.0 Å². The highest BCUT2D eigenvalue weighted by atomic mass is 16.5. The van der Waals surface area contributed by atoms with Crippen molar-refractivity contribution in [1.82, 2.24) is 4.90 Å². The van der Waals surface area contributed by atoms with E-state index in [0.717, 1.165) is 24.9 Å². The van der Waals surface area contributed by atoms with Gasteiger partial charge in [0, 0.05) is 30.1 Å². The number of Topliss-reactive ketones (excluding diaryl/α,β-unsaturated/α-hetero) is 1. The van der Waals surface area contributed by atoms with Gasteiger partial charge in [-0.2, -0.15) is 5.26 Å². The van der Waals surface area contributed by atoms with E-state index >= 15 is 0 Å². The maximum absolute atomic E-state index is 13.2. The third-order valence-electron chi connectivity index (χ3n) is 5.81. The monoisotopic (exact) mass is 360 g/mol. The van der Waals surface area contributed by atoms with E-state index in [-0.39, 0.29) is 23.8 Å². The summed E-state index contributed by atoms with van der Waals surface area (Å²) in [6.45, 7) is 4.19. The van der Waals surface area contributed by atoms with Gasteiger partial charge in [-0.25, -0.2) is 0 Å². The van der Waals surface area contributed by atoms with Crippen LogP contribution in [0.5, 0.6) is 0 Å². The second kappa shape index (κ2) is 7.64. The summed E-state index contributed by atoms with van der Waals surface area (Å²) in [6.07, 6.45) is 1.59. The Hall–Kier alpha value is -2.48. The molecule has 2 heterocycles. The number of carbonyl (C=O) groups is 1. The number of hydrogen-bond donors (Lipinski definition) is 0. The third kappa shape index (κ3) is 3.66. The summed E-state index contributed by atoms with van der Waals surface area (Å²) < 4.78 is 5.79. The lowest BCUT2D eigenvalue weighted by Gasteiger charge is -2.48. The molecular weight excluding hydrogens is 336 g/mol. The zero-order valence-corrected chi connectivity index (χ0v) is 15.6. The Morgan fingerprint density at radius 1 is 1.15 bits per heavy atom. The minimum Gasteiger partial charge on any atom is -0.378 e. The van der Waals surface area contributed by atoms with Crippen molar-refractivity contribution in [3.63, 3.8) is 0 Å². The van der Waals surface area contributed by atoms with E-state index in [1.807, 2.05) is 31.2 Å². The quantitative estimate of drug-likeness (QED) is 0.780. The minimum atomic E-state index is -0.0364. The Kier molecular flexibility index (Phi) is 5.07. The summed E-state index contributed by atoms with van der Waals surface area (Å²) in [5.74, 6) is 0.0774. The van der Waals surface area contributed by atoms with Crippen LogP contribution in [0.2, 0.25) is 0 Å². The number of morpholine rings is 1. The molecule has 2 aromatic carbocycles. The third-order valence-corrected chi connectivity index (χ3v) is 5.81. The van der Waals surface area contributed by atoms with Crippen LogP contribution in [0.4, 0.5) is 0 Å². The number of rotatable bonds is 4. The van der Waals surface area contributed by atoms with Gasteiger partial charge >= 0.3 is 0 Å². The number of benzene rings is 2. The zero-order valence-electron chi connectivity index (χ0n) is 15.6. The van der Waals surface area contributed by atoms with Gasteiger partial charge in [0.1, 0.15) is 0 Å². The van der Waals surface area contributed by atoms with Gasteiger partial charge in [-0.3, -0.25) is 9.69 Å². The predicted octanol–water partition coefficient (Wildman–Crippen LogP) is 3.73. The van der Waals surface area contributed by atoms with Crippen LogP contribution in [-0.2, 0) is 11.3 Å². The Labute approximate surface area is 160 Å². The van der Waals surface area contributed by atoms with Crippen molar-refractivity contribution in [2.75, 3.05) is 13.2 Å². The fraction of sp³-hybridized carbons (Fsp3) is 0.391. The van der Waals surface area contributed by atoms with E-state index in [2.05, 4.69) is 35.2 Å². The Balaban J connectivity index is 1.53. The summed E-state index contributed by atoms with van der Waals surface area (Å²) >= 11 is 0. The van der Waals surface area contributed by atoms with Gasteiger partial charge in [0.05, 0.1) is 24.8 Å². The molecule has 2 bridgehead atoms. The van der Waals surface area contributed by atoms with Gasteiger partial charge in [-0.15, -0.1) is 0 Å². The number of aryl methyl sites for hydroxylation is 1. The standard InChI is InChI=1S/C23H24N2O2/c1-16-7-8-22(19(9-16)12-24)23(26)18-10-20-14-27-15-21(11-18)25(20)13-17-5-3-2-4-6-17/h2-9,18,20-21H,10-11,13-15H2,1H3. The van der Waals surface area contributed by atoms with E-state index in [4.69, 9.17) is 4.74 Å². The summed E-state index contributed by atoms with van der Waals surface area (Å²) in [7, 11) is 0. The van der Waals surface area contributed by atoms with Gasteiger partial charge in [-0.1, -0.05) is 36.4 Å². The Morgan fingerprint density at radius 3 is 2.52 bits per heavy atom. The van der Waals surface area contributed by atoms with Crippen LogP contribution < -0.4 is 0 Å². The molecule has 0 aromatic heterocycles. The van der Waals surface area contributed by atoms with E-state index < -0.39 is 0 Å². The fourth-order valence-corrected chi connectivity index (χ4v) is 4.44. The second-order valence-corrected chi connectivity index (χ2v) is 7.70. The van der Waals surface area contributed by atoms with Crippen molar-refractivity contribution in [3.05, 3.63) is 70.8 Å². The molecule has 0 amide bonds. The van der Waals surface area contributed by atoms with Crippen LogP contribution in [0.3, 0.4) is 0 Å². The van der Waals surface area contributed by atoms with Gasteiger partial charge in [0.15, 0.2) is 5.78 Å². The van der Waals surface area contributed by atoms with Gasteiger partial charge in [0.25, 0.3) is 0 Å². The molecule has 2 unspecified atom stereocenters. The average Bonchev–Trinajstić information content (AvgIpc) is 2.68. The van der Waals surface area contributed by atoms with Gasteiger partial charge in [0.2, 0.25) is 0 Å². The predicted molar refractivity (Wildman–Crippen MR) is 103 cm³/mol. The van der Waals surface area contributed by atoms with Crippen LogP contribution in [0.15, 0.2) is 48.5 Å². The largest absolute Gasteiger partial charge is 0.378 e. The topological polar surface area (TPSA) is 53.3 Å². The number of nitriles is 1.